The molecule has 0 bridgehead atoms. The molecule has 0 N–H and O–H groups in total. The van der Waals surface area contributed by atoms with Gasteiger partial charge in [0.25, 0.3) is 0 Å². The second kappa shape index (κ2) is 6.84. The monoisotopic (exact) mass is 326 g/mol. The second-order valence-corrected chi connectivity index (χ2v) is 6.85. The zero-order chi connectivity index (χ0) is 16.3. The SMILES string of the molecule is COC1CCN(c2cc(C(=O)OC(C)(C)C)cc(Cl)n2)CC1. The first-order valence-corrected chi connectivity index (χ1v) is 7.85. The molecule has 0 unspecified atom stereocenters. The number of esters is 1. The molecule has 0 aromatic carbocycles. The van der Waals surface area contributed by atoms with Gasteiger partial charge in [0.05, 0.1) is 11.7 Å². The van der Waals surface area contributed by atoms with Crippen molar-refractivity contribution in [3.8, 4) is 0 Å². The van der Waals surface area contributed by atoms with Gasteiger partial charge in [-0.25, -0.2) is 9.78 Å². The smallest absolute Gasteiger partial charge is 0.338 e. The van der Waals surface area contributed by atoms with E-state index in [0.29, 0.717) is 22.6 Å². The van der Waals surface area contributed by atoms with Crippen LogP contribution in [0.5, 0.6) is 0 Å². The Morgan fingerprint density at radius 2 is 1.95 bits per heavy atom. The van der Waals surface area contributed by atoms with E-state index in [9.17, 15) is 4.79 Å². The summed E-state index contributed by atoms with van der Waals surface area (Å²) in [5.41, 5.74) is -0.108. The van der Waals surface area contributed by atoms with Crippen LogP contribution in [-0.4, -0.2) is 42.9 Å². The molecule has 0 saturated carbocycles. The molecular formula is C16H23ClN2O3. The van der Waals surface area contributed by atoms with Crippen molar-refractivity contribution >= 4 is 23.4 Å². The highest BCUT2D eigenvalue weighted by Crippen LogP contribution is 2.24. The molecule has 2 rings (SSSR count). The van der Waals surface area contributed by atoms with Gasteiger partial charge >= 0.3 is 5.97 Å². The van der Waals surface area contributed by atoms with E-state index >= 15 is 0 Å². The maximum atomic E-state index is 12.2. The normalized spacial score (nSPS) is 16.7. The number of ether oxygens (including phenoxy) is 2. The molecule has 2 heterocycles. The molecular weight excluding hydrogens is 304 g/mol. The van der Waals surface area contributed by atoms with Crippen LogP contribution in [0.25, 0.3) is 0 Å². The molecule has 1 saturated heterocycles. The second-order valence-electron chi connectivity index (χ2n) is 6.46. The fraction of sp³-hybridized carbons (Fsp3) is 0.625. The standard InChI is InChI=1S/C16H23ClN2O3/c1-16(2,3)22-15(20)11-9-13(17)18-14(10-11)19-7-5-12(21-4)6-8-19/h9-10,12H,5-8H2,1-4H3. The van der Waals surface area contributed by atoms with Crippen LogP contribution in [0.2, 0.25) is 5.15 Å². The van der Waals surface area contributed by atoms with Crippen molar-refractivity contribution in [2.24, 2.45) is 0 Å². The summed E-state index contributed by atoms with van der Waals surface area (Å²) in [7, 11) is 1.73. The van der Waals surface area contributed by atoms with Crippen LogP contribution >= 0.6 is 11.6 Å². The first kappa shape index (κ1) is 17.0. The summed E-state index contributed by atoms with van der Waals surface area (Å²) in [6.07, 6.45) is 2.17. The number of piperidine rings is 1. The summed E-state index contributed by atoms with van der Waals surface area (Å²) in [6.45, 7) is 7.18. The number of halogens is 1. The quantitative estimate of drug-likeness (QED) is 0.630. The fourth-order valence-corrected chi connectivity index (χ4v) is 2.62. The predicted molar refractivity (Wildman–Crippen MR) is 86.7 cm³/mol. The number of anilines is 1. The lowest BCUT2D eigenvalue weighted by molar-refractivity contribution is 0.00693. The van der Waals surface area contributed by atoms with Crippen molar-refractivity contribution in [1.82, 2.24) is 4.98 Å². The minimum absolute atomic E-state index is 0.292. The maximum Gasteiger partial charge on any atom is 0.338 e. The van der Waals surface area contributed by atoms with Gasteiger partial charge in [-0.15, -0.1) is 0 Å². The van der Waals surface area contributed by atoms with Crippen LogP contribution in [0.3, 0.4) is 0 Å². The van der Waals surface area contributed by atoms with Crippen molar-refractivity contribution in [1.29, 1.82) is 0 Å². The fourth-order valence-electron chi connectivity index (χ4n) is 2.42. The predicted octanol–water partition coefficient (Wildman–Crippen LogP) is 3.31. The van der Waals surface area contributed by atoms with Crippen LogP contribution in [0.15, 0.2) is 12.1 Å². The summed E-state index contributed by atoms with van der Waals surface area (Å²) >= 11 is 6.07. The van der Waals surface area contributed by atoms with Crippen LogP contribution in [0.1, 0.15) is 44.0 Å². The number of aromatic nitrogens is 1. The van der Waals surface area contributed by atoms with E-state index in [4.69, 9.17) is 21.1 Å². The highest BCUT2D eigenvalue weighted by atomic mass is 35.5. The Labute approximate surface area is 136 Å². The Bertz CT molecular complexity index is 535. The van der Waals surface area contributed by atoms with Crippen molar-refractivity contribution in [3.05, 3.63) is 22.8 Å². The summed E-state index contributed by atoms with van der Waals surface area (Å²) in [4.78, 5) is 18.6. The first-order chi connectivity index (χ1) is 10.3. The number of hydrogen-bond acceptors (Lipinski definition) is 5. The summed E-state index contributed by atoms with van der Waals surface area (Å²) in [6, 6.07) is 3.29. The molecule has 5 nitrogen and oxygen atoms in total. The minimum Gasteiger partial charge on any atom is -0.456 e. The molecule has 0 radical (unpaired) electrons. The van der Waals surface area contributed by atoms with E-state index in [0.717, 1.165) is 25.9 Å². The molecule has 0 aliphatic carbocycles. The number of nitrogens with zero attached hydrogens (tertiary/aromatic N) is 2. The lowest BCUT2D eigenvalue weighted by atomic mass is 10.1. The van der Waals surface area contributed by atoms with Gasteiger partial charge < -0.3 is 14.4 Å². The highest BCUT2D eigenvalue weighted by Gasteiger charge is 2.23. The van der Waals surface area contributed by atoms with E-state index in [1.807, 2.05) is 20.8 Å². The first-order valence-electron chi connectivity index (χ1n) is 7.47. The van der Waals surface area contributed by atoms with Gasteiger partial charge in [-0.3, -0.25) is 0 Å². The number of pyridine rings is 1. The molecule has 1 aromatic rings. The Balaban J connectivity index is 2.15. The molecule has 122 valence electrons. The molecule has 1 aliphatic rings. The third-order valence-electron chi connectivity index (χ3n) is 3.51. The number of hydrogen-bond donors (Lipinski definition) is 0. The van der Waals surface area contributed by atoms with Crippen molar-refractivity contribution < 1.29 is 14.3 Å². The van der Waals surface area contributed by atoms with E-state index in [-0.39, 0.29) is 5.97 Å². The summed E-state index contributed by atoms with van der Waals surface area (Å²) in [5, 5.41) is 0.298. The topological polar surface area (TPSA) is 51.7 Å². The molecule has 1 aromatic heterocycles. The summed E-state index contributed by atoms with van der Waals surface area (Å²) in [5.74, 6) is 0.327. The Hall–Kier alpha value is -1.33. The molecule has 1 aliphatic heterocycles. The third-order valence-corrected chi connectivity index (χ3v) is 3.71. The number of rotatable bonds is 3. The highest BCUT2D eigenvalue weighted by molar-refractivity contribution is 6.29. The molecule has 6 heteroatoms. The lowest BCUT2D eigenvalue weighted by Gasteiger charge is -2.32. The minimum atomic E-state index is -0.538. The number of carbonyl (C=O) groups is 1. The van der Waals surface area contributed by atoms with Crippen molar-refractivity contribution in [2.45, 2.75) is 45.3 Å². The van der Waals surface area contributed by atoms with Gasteiger partial charge in [0.15, 0.2) is 0 Å². The number of methoxy groups -OCH3 is 1. The Kier molecular flexibility index (Phi) is 5.29. The largest absolute Gasteiger partial charge is 0.456 e. The molecule has 0 spiro atoms. The molecule has 0 atom stereocenters. The van der Waals surface area contributed by atoms with E-state index < -0.39 is 5.60 Å². The van der Waals surface area contributed by atoms with Crippen LogP contribution < -0.4 is 4.90 Å². The average molecular weight is 327 g/mol. The third kappa shape index (κ3) is 4.58. The maximum absolute atomic E-state index is 12.2. The summed E-state index contributed by atoms with van der Waals surface area (Å²) < 4.78 is 10.8. The molecule has 22 heavy (non-hydrogen) atoms. The zero-order valence-electron chi connectivity index (χ0n) is 13.6. The molecule has 1 fully saturated rings. The van der Waals surface area contributed by atoms with Crippen molar-refractivity contribution in [2.75, 3.05) is 25.1 Å². The van der Waals surface area contributed by atoms with Gasteiger partial charge in [0.2, 0.25) is 0 Å². The van der Waals surface area contributed by atoms with Crippen LogP contribution in [0, 0.1) is 0 Å². The van der Waals surface area contributed by atoms with E-state index in [2.05, 4.69) is 9.88 Å². The average Bonchev–Trinajstić information content (AvgIpc) is 2.45. The zero-order valence-corrected chi connectivity index (χ0v) is 14.3. The van der Waals surface area contributed by atoms with Gasteiger partial charge in [0.1, 0.15) is 16.6 Å². The molecule has 0 amide bonds. The Morgan fingerprint density at radius 3 is 2.50 bits per heavy atom. The van der Waals surface area contributed by atoms with Gasteiger partial charge in [0, 0.05) is 20.2 Å². The van der Waals surface area contributed by atoms with Gasteiger partial charge in [-0.05, 0) is 45.7 Å². The number of carbonyl (C=O) groups excluding carboxylic acids is 1. The van der Waals surface area contributed by atoms with Crippen LogP contribution in [0.4, 0.5) is 5.82 Å². The Morgan fingerprint density at radius 1 is 1.32 bits per heavy atom. The van der Waals surface area contributed by atoms with Gasteiger partial charge in [-0.1, -0.05) is 11.6 Å². The lowest BCUT2D eigenvalue weighted by Crippen LogP contribution is -2.37. The van der Waals surface area contributed by atoms with Crippen LogP contribution in [-0.2, 0) is 9.47 Å². The van der Waals surface area contributed by atoms with E-state index in [1.54, 1.807) is 19.2 Å². The van der Waals surface area contributed by atoms with Gasteiger partial charge in [-0.2, -0.15) is 0 Å². The van der Waals surface area contributed by atoms with E-state index in [1.165, 1.54) is 0 Å². The van der Waals surface area contributed by atoms with Crippen molar-refractivity contribution in [3.63, 3.8) is 0 Å².